The Morgan fingerprint density at radius 1 is 1.02 bits per heavy atom. The van der Waals surface area contributed by atoms with E-state index in [-0.39, 0.29) is 22.9 Å². The van der Waals surface area contributed by atoms with E-state index in [9.17, 15) is 22.4 Å². The predicted molar refractivity (Wildman–Crippen MR) is 169 cm³/mol. The lowest BCUT2D eigenvalue weighted by Crippen LogP contribution is -2.29. The molecule has 0 saturated carbocycles. The molecule has 1 N–H and O–H groups in total. The number of carbonyl (C=O) groups is 2. The Kier molecular flexibility index (Phi) is 8.13. The quantitative estimate of drug-likeness (QED) is 0.226. The number of likely N-dealkylation sites (tertiary alicyclic amines) is 1. The zero-order chi connectivity index (χ0) is 32.1. The lowest BCUT2D eigenvalue weighted by atomic mass is 9.99. The highest BCUT2D eigenvalue weighted by Crippen LogP contribution is 2.39. The summed E-state index contributed by atoms with van der Waals surface area (Å²) in [5, 5.41) is 3.20. The molecule has 4 aromatic rings. The Hall–Kier alpha value is -3.93. The van der Waals surface area contributed by atoms with Gasteiger partial charge in [-0.2, -0.15) is 8.42 Å². The monoisotopic (exact) mass is 653 g/mol. The van der Waals surface area contributed by atoms with Crippen molar-refractivity contribution in [2.45, 2.75) is 63.6 Å². The molecule has 45 heavy (non-hydrogen) atoms. The number of carbonyl (C=O) groups excluding carboxylic acids is 2. The molecule has 9 nitrogen and oxygen atoms in total. The van der Waals surface area contributed by atoms with Gasteiger partial charge in [-0.15, -0.1) is 0 Å². The summed E-state index contributed by atoms with van der Waals surface area (Å²) in [5.74, 6) is -1.23. The Labute approximate surface area is 266 Å². The number of rotatable bonds is 6. The minimum atomic E-state index is -4.48. The van der Waals surface area contributed by atoms with Crippen molar-refractivity contribution in [1.29, 1.82) is 0 Å². The normalized spacial score (nSPS) is 15.6. The van der Waals surface area contributed by atoms with Gasteiger partial charge in [-0.05, 0) is 101 Å². The third-order valence-electron chi connectivity index (χ3n) is 7.86. The second-order valence-electron chi connectivity index (χ2n) is 12.3. The maximum Gasteiger partial charge on any atom is 0.419 e. The molecule has 0 atom stereocenters. The van der Waals surface area contributed by atoms with Crippen molar-refractivity contribution in [2.24, 2.45) is 0 Å². The molecule has 12 heteroatoms. The molecule has 1 aromatic heterocycles. The lowest BCUT2D eigenvalue weighted by Gasteiger charge is -2.26. The Balaban J connectivity index is 1.45. The highest BCUT2D eigenvalue weighted by molar-refractivity contribution is 7.87. The van der Waals surface area contributed by atoms with Gasteiger partial charge in [0, 0.05) is 29.6 Å². The van der Waals surface area contributed by atoms with Gasteiger partial charge in [-0.25, -0.2) is 13.8 Å². The van der Waals surface area contributed by atoms with Crippen molar-refractivity contribution in [2.75, 3.05) is 13.1 Å². The zero-order valence-corrected chi connectivity index (χ0v) is 26.7. The standard InChI is InChI=1S/C33H33ClFN3O6S/c1-33(2,3)43-32(40)38-26-10-7-20(19-37-13-5-4-6-14-37)15-21(26)16-27(38)23-9-11-28(24-18-36-31(39)30(23)24)44-45(41,42)29-12-8-22(35)17-25(29)34/h7-12,15-17H,4-6,13-14,18-19H2,1-3H3,(H,36,39). The van der Waals surface area contributed by atoms with Crippen LogP contribution in [0.1, 0.15) is 61.5 Å². The smallest absolute Gasteiger partial charge is 0.419 e. The molecule has 0 bridgehead atoms. The van der Waals surface area contributed by atoms with Crippen molar-refractivity contribution >= 4 is 44.6 Å². The third-order valence-corrected chi connectivity index (χ3v) is 9.58. The third kappa shape index (κ3) is 6.29. The van der Waals surface area contributed by atoms with Gasteiger partial charge in [0.2, 0.25) is 0 Å². The number of piperidine rings is 1. The molecule has 6 rings (SSSR count). The Morgan fingerprint density at radius 3 is 2.49 bits per heavy atom. The first-order valence-electron chi connectivity index (χ1n) is 14.7. The van der Waals surface area contributed by atoms with Crippen molar-refractivity contribution in [3.8, 4) is 17.0 Å². The number of amides is 1. The molecular formula is C33H33ClFN3O6S. The van der Waals surface area contributed by atoms with Gasteiger partial charge >= 0.3 is 16.2 Å². The summed E-state index contributed by atoms with van der Waals surface area (Å²) in [5.41, 5.74) is 2.23. The minimum absolute atomic E-state index is 0.00331. The van der Waals surface area contributed by atoms with Gasteiger partial charge in [0.25, 0.3) is 5.91 Å². The first-order valence-corrected chi connectivity index (χ1v) is 16.5. The van der Waals surface area contributed by atoms with Gasteiger partial charge < -0.3 is 14.2 Å². The number of nitrogens with one attached hydrogen (secondary N) is 1. The van der Waals surface area contributed by atoms with Crippen LogP contribution in [0.5, 0.6) is 5.75 Å². The number of benzene rings is 3. The van der Waals surface area contributed by atoms with Crippen LogP contribution in [0.3, 0.4) is 0 Å². The van der Waals surface area contributed by atoms with Crippen molar-refractivity contribution in [3.05, 3.63) is 82.1 Å². The van der Waals surface area contributed by atoms with Crippen LogP contribution in [0.15, 0.2) is 59.5 Å². The summed E-state index contributed by atoms with van der Waals surface area (Å²) >= 11 is 6.01. The van der Waals surface area contributed by atoms with Crippen LogP contribution in [0.25, 0.3) is 22.2 Å². The zero-order valence-electron chi connectivity index (χ0n) is 25.2. The van der Waals surface area contributed by atoms with Crippen LogP contribution in [-0.2, 0) is 27.9 Å². The van der Waals surface area contributed by atoms with E-state index in [1.807, 2.05) is 24.3 Å². The predicted octanol–water partition coefficient (Wildman–Crippen LogP) is 6.88. The van der Waals surface area contributed by atoms with E-state index in [2.05, 4.69) is 10.2 Å². The molecule has 3 aromatic carbocycles. The van der Waals surface area contributed by atoms with Gasteiger partial charge in [0.1, 0.15) is 22.1 Å². The number of fused-ring (bicyclic) bond motifs is 2. The summed E-state index contributed by atoms with van der Waals surface area (Å²) in [6.07, 6.45) is 2.97. The fourth-order valence-electron chi connectivity index (χ4n) is 5.89. The topological polar surface area (TPSA) is 107 Å². The number of aromatic nitrogens is 1. The molecule has 3 heterocycles. The van der Waals surface area contributed by atoms with Crippen LogP contribution in [0.4, 0.5) is 9.18 Å². The number of hydrogen-bond acceptors (Lipinski definition) is 7. The van der Waals surface area contributed by atoms with E-state index in [0.29, 0.717) is 22.3 Å². The van der Waals surface area contributed by atoms with E-state index in [4.69, 9.17) is 20.5 Å². The van der Waals surface area contributed by atoms with Gasteiger partial charge in [-0.1, -0.05) is 24.1 Å². The van der Waals surface area contributed by atoms with Crippen LogP contribution >= 0.6 is 11.6 Å². The fraction of sp³-hybridized carbons (Fsp3) is 0.333. The Bertz CT molecular complexity index is 1940. The average Bonchev–Trinajstić information content (AvgIpc) is 3.53. The summed E-state index contributed by atoms with van der Waals surface area (Å²) < 4.78 is 52.5. The number of halogens is 2. The number of nitrogens with zero attached hydrogens (tertiary/aromatic N) is 2. The molecule has 0 aliphatic carbocycles. The molecule has 1 fully saturated rings. The fourth-order valence-corrected chi connectivity index (χ4v) is 7.36. The van der Waals surface area contributed by atoms with Crippen LogP contribution in [0, 0.1) is 5.82 Å². The maximum atomic E-state index is 13.7. The van der Waals surface area contributed by atoms with Gasteiger partial charge in [0.05, 0.1) is 21.8 Å². The summed E-state index contributed by atoms with van der Waals surface area (Å²) in [6.45, 7) is 8.20. The average molecular weight is 654 g/mol. The minimum Gasteiger partial charge on any atom is -0.443 e. The molecular weight excluding hydrogens is 621 g/mol. The van der Waals surface area contributed by atoms with E-state index < -0.39 is 38.4 Å². The summed E-state index contributed by atoms with van der Waals surface area (Å²) in [4.78, 5) is 28.9. The van der Waals surface area contributed by atoms with Gasteiger partial charge in [0.15, 0.2) is 0 Å². The van der Waals surface area contributed by atoms with Crippen LogP contribution in [0.2, 0.25) is 5.02 Å². The Morgan fingerprint density at radius 2 is 1.78 bits per heavy atom. The van der Waals surface area contributed by atoms with Crippen molar-refractivity contribution in [3.63, 3.8) is 0 Å². The molecule has 1 amide bonds. The molecule has 1 saturated heterocycles. The molecule has 2 aliphatic rings. The van der Waals surface area contributed by atoms with E-state index >= 15 is 0 Å². The van der Waals surface area contributed by atoms with E-state index in [0.717, 1.165) is 48.8 Å². The number of hydrogen-bond donors (Lipinski definition) is 1. The second-order valence-corrected chi connectivity index (χ2v) is 14.3. The largest absolute Gasteiger partial charge is 0.443 e. The molecule has 2 aliphatic heterocycles. The molecule has 0 unspecified atom stereocenters. The summed E-state index contributed by atoms with van der Waals surface area (Å²) in [6, 6.07) is 13.6. The molecule has 236 valence electrons. The second kappa shape index (κ2) is 11.8. The lowest BCUT2D eigenvalue weighted by molar-refractivity contribution is 0.0546. The number of ether oxygens (including phenoxy) is 1. The first-order chi connectivity index (χ1) is 21.3. The maximum absolute atomic E-state index is 13.7. The highest BCUT2D eigenvalue weighted by atomic mass is 35.5. The highest BCUT2D eigenvalue weighted by Gasteiger charge is 2.32. The van der Waals surface area contributed by atoms with Crippen molar-refractivity contribution in [1.82, 2.24) is 14.8 Å². The molecule has 0 spiro atoms. The summed E-state index contributed by atoms with van der Waals surface area (Å²) in [7, 11) is -4.48. The van der Waals surface area contributed by atoms with Crippen LogP contribution < -0.4 is 9.50 Å². The first kappa shape index (κ1) is 31.1. The van der Waals surface area contributed by atoms with Crippen molar-refractivity contribution < 1.29 is 31.3 Å². The SMILES string of the molecule is CC(C)(C)OC(=O)n1c(-c2ccc(OS(=O)(=O)c3ccc(F)cc3Cl)c3c2C(=O)NC3)cc2cc(CN3CCCCC3)ccc21. The van der Waals surface area contributed by atoms with E-state index in [1.54, 1.807) is 26.8 Å². The molecule has 0 radical (unpaired) electrons. The van der Waals surface area contributed by atoms with Gasteiger partial charge in [-0.3, -0.25) is 9.69 Å². The van der Waals surface area contributed by atoms with E-state index in [1.165, 1.54) is 29.9 Å². The van der Waals surface area contributed by atoms with Crippen LogP contribution in [-0.4, -0.2) is 48.6 Å².